The van der Waals surface area contributed by atoms with Crippen molar-refractivity contribution in [3.8, 4) is 5.69 Å². The van der Waals surface area contributed by atoms with E-state index < -0.39 is 0 Å². The van der Waals surface area contributed by atoms with Crippen LogP contribution < -0.4 is 5.32 Å². The minimum atomic E-state index is 0.0301. The summed E-state index contributed by atoms with van der Waals surface area (Å²) in [7, 11) is 0. The Morgan fingerprint density at radius 1 is 1.13 bits per heavy atom. The average molecular weight is 420 g/mol. The Labute approximate surface area is 186 Å². The lowest BCUT2D eigenvalue weighted by molar-refractivity contribution is 0.0732. The Hall–Kier alpha value is -2.10. The molecule has 2 bridgehead atoms. The number of nitrogens with zero attached hydrogens (tertiary/aromatic N) is 2. The van der Waals surface area contributed by atoms with E-state index in [1.807, 2.05) is 4.68 Å². The molecule has 2 saturated carbocycles. The number of rotatable bonds is 4. The van der Waals surface area contributed by atoms with Gasteiger partial charge in [0.25, 0.3) is 5.91 Å². The molecule has 1 N–H and O–H groups in total. The second kappa shape index (κ2) is 7.21. The van der Waals surface area contributed by atoms with Crippen LogP contribution in [0.3, 0.4) is 0 Å². The van der Waals surface area contributed by atoms with E-state index in [1.165, 1.54) is 42.5 Å². The molecule has 4 nitrogen and oxygen atoms in total. The van der Waals surface area contributed by atoms with Gasteiger partial charge < -0.3 is 5.32 Å². The van der Waals surface area contributed by atoms with Crippen LogP contribution >= 0.6 is 0 Å². The van der Waals surface area contributed by atoms with Gasteiger partial charge in [-0.2, -0.15) is 5.10 Å². The maximum absolute atomic E-state index is 13.6. The number of hydrogen-bond donors (Lipinski definition) is 1. The highest BCUT2D eigenvalue weighted by Gasteiger charge is 2.59. The van der Waals surface area contributed by atoms with E-state index >= 15 is 0 Å². The molecule has 5 rings (SSSR count). The van der Waals surface area contributed by atoms with Crippen molar-refractivity contribution in [1.29, 1.82) is 0 Å². The topological polar surface area (TPSA) is 46.9 Å². The first-order valence-electron chi connectivity index (χ1n) is 12.2. The van der Waals surface area contributed by atoms with Crippen molar-refractivity contribution < 1.29 is 4.79 Å². The van der Waals surface area contributed by atoms with E-state index in [9.17, 15) is 4.79 Å². The van der Waals surface area contributed by atoms with Gasteiger partial charge in [0.1, 0.15) is 0 Å². The monoisotopic (exact) mass is 419 g/mol. The molecule has 1 amide bonds. The molecule has 4 heteroatoms. The number of nitrogens with one attached hydrogen (secondary N) is 1. The number of carbonyl (C=O) groups excluding carboxylic acids is 1. The second-order valence-electron chi connectivity index (χ2n) is 11.5. The third kappa shape index (κ3) is 3.25. The van der Waals surface area contributed by atoms with Gasteiger partial charge in [-0.25, -0.2) is 4.68 Å². The first-order chi connectivity index (χ1) is 14.7. The molecule has 1 heterocycles. The van der Waals surface area contributed by atoms with Crippen LogP contribution in [0.4, 0.5) is 0 Å². The van der Waals surface area contributed by atoms with Crippen molar-refractivity contribution in [2.24, 2.45) is 16.7 Å². The highest BCUT2D eigenvalue weighted by molar-refractivity contribution is 5.94. The van der Waals surface area contributed by atoms with Gasteiger partial charge in [-0.15, -0.1) is 0 Å². The molecule has 2 aromatic rings. The molecule has 31 heavy (non-hydrogen) atoms. The maximum atomic E-state index is 13.6. The molecule has 166 valence electrons. The van der Waals surface area contributed by atoms with Crippen LogP contribution in [0, 0.1) is 16.7 Å². The Bertz CT molecular complexity index is 995. The van der Waals surface area contributed by atoms with Gasteiger partial charge in [0.05, 0.1) is 5.69 Å². The van der Waals surface area contributed by atoms with Gasteiger partial charge in [-0.1, -0.05) is 46.8 Å². The molecular weight excluding hydrogens is 382 g/mol. The van der Waals surface area contributed by atoms with Gasteiger partial charge in [0.15, 0.2) is 5.69 Å². The van der Waals surface area contributed by atoms with E-state index in [0.29, 0.717) is 17.5 Å². The third-order valence-corrected chi connectivity index (χ3v) is 8.74. The molecule has 3 aliphatic rings. The summed E-state index contributed by atoms with van der Waals surface area (Å²) >= 11 is 0. The van der Waals surface area contributed by atoms with E-state index in [2.05, 4.69) is 64.2 Å². The molecule has 0 aliphatic heterocycles. The summed E-state index contributed by atoms with van der Waals surface area (Å²) in [6, 6.07) is 8.91. The van der Waals surface area contributed by atoms with Crippen molar-refractivity contribution in [2.45, 2.75) is 91.5 Å². The molecule has 3 atom stereocenters. The normalized spacial score (nSPS) is 28.7. The molecule has 0 spiro atoms. The number of fused-ring (bicyclic) bond motifs is 3. The van der Waals surface area contributed by atoms with Crippen molar-refractivity contribution in [1.82, 2.24) is 15.1 Å². The maximum Gasteiger partial charge on any atom is 0.272 e. The Morgan fingerprint density at radius 3 is 2.48 bits per heavy atom. The third-order valence-electron chi connectivity index (χ3n) is 8.74. The number of carbonyl (C=O) groups is 1. The van der Waals surface area contributed by atoms with Crippen LogP contribution in [-0.2, 0) is 12.8 Å². The van der Waals surface area contributed by atoms with Gasteiger partial charge >= 0.3 is 0 Å². The van der Waals surface area contributed by atoms with Crippen LogP contribution in [0.2, 0.25) is 0 Å². The zero-order valence-corrected chi connectivity index (χ0v) is 19.8. The Balaban J connectivity index is 1.48. The Kier molecular flexibility index (Phi) is 4.84. The standard InChI is InChI=1S/C27H37N3O/c1-17(2)18-10-12-20(13-11-18)30-22-9-7-6-8-21(22)23(29-30)24(31)28-25-26(3,4)19-14-15-27(25,5)16-19/h10-13,17,19,25H,6-9,14-16H2,1-5H3,(H,28,31). The van der Waals surface area contributed by atoms with E-state index in [4.69, 9.17) is 5.10 Å². The fraction of sp³-hybridized carbons (Fsp3) is 0.630. The summed E-state index contributed by atoms with van der Waals surface area (Å²) in [5.41, 5.74) is 5.82. The zero-order chi connectivity index (χ0) is 22.0. The lowest BCUT2D eigenvalue weighted by atomic mass is 9.68. The molecule has 3 aliphatic carbocycles. The van der Waals surface area contributed by atoms with E-state index in [-0.39, 0.29) is 22.8 Å². The molecular formula is C27H37N3O. The lowest BCUT2D eigenvalue weighted by Crippen LogP contribution is -2.52. The van der Waals surface area contributed by atoms with Gasteiger partial charge in [0.2, 0.25) is 0 Å². The van der Waals surface area contributed by atoms with E-state index in [0.717, 1.165) is 24.9 Å². The van der Waals surface area contributed by atoms with Crippen LogP contribution in [0.5, 0.6) is 0 Å². The average Bonchev–Trinajstić information content (AvgIpc) is 3.38. The first kappa shape index (κ1) is 20.8. The number of hydrogen-bond acceptors (Lipinski definition) is 2. The van der Waals surface area contributed by atoms with Crippen LogP contribution in [0.1, 0.15) is 99.9 Å². The summed E-state index contributed by atoms with van der Waals surface area (Å²) in [6.45, 7) is 11.5. The molecule has 1 aromatic carbocycles. The highest BCUT2D eigenvalue weighted by Crippen LogP contribution is 2.62. The van der Waals surface area contributed by atoms with Gasteiger partial charge in [0, 0.05) is 17.3 Å². The fourth-order valence-corrected chi connectivity index (χ4v) is 6.86. The Morgan fingerprint density at radius 2 is 1.84 bits per heavy atom. The van der Waals surface area contributed by atoms with Gasteiger partial charge in [-0.05, 0) is 85.3 Å². The molecule has 1 aromatic heterocycles. The summed E-state index contributed by atoms with van der Waals surface area (Å²) in [5, 5.41) is 8.40. The predicted molar refractivity (Wildman–Crippen MR) is 125 cm³/mol. The zero-order valence-electron chi connectivity index (χ0n) is 19.8. The van der Waals surface area contributed by atoms with Crippen molar-refractivity contribution in [3.63, 3.8) is 0 Å². The second-order valence-corrected chi connectivity index (χ2v) is 11.5. The number of benzene rings is 1. The first-order valence-corrected chi connectivity index (χ1v) is 12.2. The van der Waals surface area contributed by atoms with Crippen molar-refractivity contribution >= 4 is 5.91 Å². The van der Waals surface area contributed by atoms with Gasteiger partial charge in [-0.3, -0.25) is 4.79 Å². The smallest absolute Gasteiger partial charge is 0.272 e. The number of aromatic nitrogens is 2. The van der Waals surface area contributed by atoms with Crippen LogP contribution in [-0.4, -0.2) is 21.7 Å². The molecule has 0 saturated heterocycles. The minimum Gasteiger partial charge on any atom is -0.347 e. The lowest BCUT2D eigenvalue weighted by Gasteiger charge is -2.43. The SMILES string of the molecule is CC(C)c1ccc(-n2nc(C(=O)NC3C4(C)CCC(C4)C3(C)C)c3c2CCCC3)cc1. The summed E-state index contributed by atoms with van der Waals surface area (Å²) in [5.74, 6) is 1.25. The molecule has 2 fully saturated rings. The predicted octanol–water partition coefficient (Wildman–Crippen LogP) is 5.82. The summed E-state index contributed by atoms with van der Waals surface area (Å²) < 4.78 is 2.04. The minimum absolute atomic E-state index is 0.0301. The molecule has 3 unspecified atom stereocenters. The molecule has 0 radical (unpaired) electrons. The fourth-order valence-electron chi connectivity index (χ4n) is 6.86. The highest BCUT2D eigenvalue weighted by atomic mass is 16.2. The largest absolute Gasteiger partial charge is 0.347 e. The van der Waals surface area contributed by atoms with Crippen molar-refractivity contribution in [3.05, 3.63) is 46.8 Å². The number of amides is 1. The van der Waals surface area contributed by atoms with E-state index in [1.54, 1.807) is 0 Å². The quantitative estimate of drug-likeness (QED) is 0.679. The van der Waals surface area contributed by atoms with Crippen LogP contribution in [0.25, 0.3) is 5.69 Å². The summed E-state index contributed by atoms with van der Waals surface area (Å²) in [4.78, 5) is 13.6. The summed E-state index contributed by atoms with van der Waals surface area (Å²) in [6.07, 6.45) is 8.01. The van der Waals surface area contributed by atoms with Crippen LogP contribution in [0.15, 0.2) is 24.3 Å². The van der Waals surface area contributed by atoms with Crippen molar-refractivity contribution in [2.75, 3.05) is 0 Å².